The van der Waals surface area contributed by atoms with E-state index in [1.807, 2.05) is 44.2 Å². The van der Waals surface area contributed by atoms with E-state index in [0.29, 0.717) is 19.4 Å². The summed E-state index contributed by atoms with van der Waals surface area (Å²) in [6.45, 7) is 4.28. The SMILES string of the molecule is CCC(=O)C[C@]1(C)CO[C@@H](c2ccccc2)O1. The summed E-state index contributed by atoms with van der Waals surface area (Å²) in [5.41, 5.74) is 0.522. The Bertz CT molecular complexity index is 388. The van der Waals surface area contributed by atoms with Crippen molar-refractivity contribution in [1.29, 1.82) is 0 Å². The molecule has 1 aliphatic heterocycles. The van der Waals surface area contributed by atoms with Crippen LogP contribution in [0.4, 0.5) is 0 Å². The van der Waals surface area contributed by atoms with Gasteiger partial charge in [-0.2, -0.15) is 0 Å². The van der Waals surface area contributed by atoms with Crippen molar-refractivity contribution < 1.29 is 14.3 Å². The summed E-state index contributed by atoms with van der Waals surface area (Å²) in [7, 11) is 0. The van der Waals surface area contributed by atoms with E-state index in [-0.39, 0.29) is 12.1 Å². The lowest BCUT2D eigenvalue weighted by Gasteiger charge is -2.21. The maximum atomic E-state index is 11.5. The number of ketones is 1. The fourth-order valence-corrected chi connectivity index (χ4v) is 1.99. The maximum absolute atomic E-state index is 11.5. The van der Waals surface area contributed by atoms with Gasteiger partial charge in [-0.3, -0.25) is 4.79 Å². The summed E-state index contributed by atoms with van der Waals surface area (Å²) in [4.78, 5) is 11.5. The highest BCUT2D eigenvalue weighted by Gasteiger charge is 2.38. The van der Waals surface area contributed by atoms with E-state index in [2.05, 4.69) is 0 Å². The first-order chi connectivity index (χ1) is 8.13. The number of hydrogen-bond acceptors (Lipinski definition) is 3. The number of benzene rings is 1. The molecule has 92 valence electrons. The van der Waals surface area contributed by atoms with Crippen LogP contribution in [-0.2, 0) is 14.3 Å². The zero-order valence-corrected chi connectivity index (χ0v) is 10.3. The lowest BCUT2D eigenvalue weighted by Crippen LogP contribution is -2.30. The molecule has 0 aromatic heterocycles. The van der Waals surface area contributed by atoms with Crippen molar-refractivity contribution in [3.63, 3.8) is 0 Å². The quantitative estimate of drug-likeness (QED) is 0.803. The first-order valence-electron chi connectivity index (χ1n) is 5.99. The summed E-state index contributed by atoms with van der Waals surface area (Å²) < 4.78 is 11.5. The van der Waals surface area contributed by atoms with E-state index >= 15 is 0 Å². The number of carbonyl (C=O) groups is 1. The molecule has 3 heteroatoms. The van der Waals surface area contributed by atoms with Gasteiger partial charge in [0.2, 0.25) is 0 Å². The van der Waals surface area contributed by atoms with Gasteiger partial charge >= 0.3 is 0 Å². The Morgan fingerprint density at radius 1 is 1.41 bits per heavy atom. The van der Waals surface area contributed by atoms with Gasteiger partial charge in [-0.15, -0.1) is 0 Å². The standard InChI is InChI=1S/C14H18O3/c1-3-12(15)9-14(2)10-16-13(17-14)11-7-5-4-6-8-11/h4-8,13H,3,9-10H2,1-2H3/t13-,14-/m1/s1. The van der Waals surface area contributed by atoms with E-state index in [4.69, 9.17) is 9.47 Å². The molecular weight excluding hydrogens is 216 g/mol. The van der Waals surface area contributed by atoms with Gasteiger partial charge in [-0.25, -0.2) is 0 Å². The Labute approximate surface area is 102 Å². The van der Waals surface area contributed by atoms with Gasteiger partial charge in [-0.1, -0.05) is 37.3 Å². The molecule has 0 radical (unpaired) electrons. The van der Waals surface area contributed by atoms with Crippen molar-refractivity contribution in [3.05, 3.63) is 35.9 Å². The second-order valence-corrected chi connectivity index (χ2v) is 4.69. The van der Waals surface area contributed by atoms with Crippen LogP contribution < -0.4 is 0 Å². The maximum Gasteiger partial charge on any atom is 0.184 e. The van der Waals surface area contributed by atoms with Gasteiger partial charge in [-0.05, 0) is 6.92 Å². The van der Waals surface area contributed by atoms with Crippen molar-refractivity contribution in [3.8, 4) is 0 Å². The van der Waals surface area contributed by atoms with Crippen LogP contribution in [0.1, 0.15) is 38.5 Å². The number of carbonyl (C=O) groups excluding carboxylic acids is 1. The predicted octanol–water partition coefficient (Wildman–Crippen LogP) is 2.86. The van der Waals surface area contributed by atoms with Crippen LogP contribution in [0.2, 0.25) is 0 Å². The molecule has 0 amide bonds. The smallest absolute Gasteiger partial charge is 0.184 e. The van der Waals surface area contributed by atoms with E-state index in [1.54, 1.807) is 0 Å². The van der Waals surface area contributed by atoms with Crippen LogP contribution >= 0.6 is 0 Å². The van der Waals surface area contributed by atoms with Gasteiger partial charge in [0.1, 0.15) is 5.78 Å². The molecule has 1 aromatic rings. The minimum Gasteiger partial charge on any atom is -0.345 e. The van der Waals surface area contributed by atoms with Gasteiger partial charge in [0.15, 0.2) is 6.29 Å². The topological polar surface area (TPSA) is 35.5 Å². The number of Topliss-reactive ketones (excluding diaryl/α,β-unsaturated/α-hetero) is 1. The molecule has 3 nitrogen and oxygen atoms in total. The molecule has 1 heterocycles. The summed E-state index contributed by atoms with van der Waals surface area (Å²) in [5, 5.41) is 0. The number of rotatable bonds is 4. The first kappa shape index (κ1) is 12.3. The summed E-state index contributed by atoms with van der Waals surface area (Å²) in [5.74, 6) is 0.213. The second kappa shape index (κ2) is 4.98. The Morgan fingerprint density at radius 3 is 2.76 bits per heavy atom. The first-order valence-corrected chi connectivity index (χ1v) is 5.99. The highest BCUT2D eigenvalue weighted by Crippen LogP contribution is 2.35. The Kier molecular flexibility index (Phi) is 3.60. The van der Waals surface area contributed by atoms with E-state index in [9.17, 15) is 4.79 Å². The molecule has 0 N–H and O–H groups in total. The molecule has 0 bridgehead atoms. The van der Waals surface area contributed by atoms with Crippen LogP contribution in [0.5, 0.6) is 0 Å². The van der Waals surface area contributed by atoms with E-state index < -0.39 is 5.60 Å². The monoisotopic (exact) mass is 234 g/mol. The Balaban J connectivity index is 2.02. The largest absolute Gasteiger partial charge is 0.345 e. The zero-order valence-electron chi connectivity index (χ0n) is 10.3. The predicted molar refractivity (Wildman–Crippen MR) is 64.5 cm³/mol. The summed E-state index contributed by atoms with van der Waals surface area (Å²) in [6, 6.07) is 9.80. The fraction of sp³-hybridized carbons (Fsp3) is 0.500. The summed E-state index contributed by atoms with van der Waals surface area (Å²) >= 11 is 0. The number of hydrogen-bond donors (Lipinski definition) is 0. The van der Waals surface area contributed by atoms with Gasteiger partial charge < -0.3 is 9.47 Å². The van der Waals surface area contributed by atoms with Crippen LogP contribution in [0, 0.1) is 0 Å². The Morgan fingerprint density at radius 2 is 2.12 bits per heavy atom. The van der Waals surface area contributed by atoms with Gasteiger partial charge in [0.25, 0.3) is 0 Å². The minimum absolute atomic E-state index is 0.213. The molecule has 1 aromatic carbocycles. The third-order valence-corrected chi connectivity index (χ3v) is 2.97. The molecule has 2 rings (SSSR count). The van der Waals surface area contributed by atoms with Crippen molar-refractivity contribution >= 4 is 5.78 Å². The molecule has 0 spiro atoms. The molecule has 0 saturated carbocycles. The van der Waals surface area contributed by atoms with Gasteiger partial charge in [0.05, 0.1) is 12.2 Å². The van der Waals surface area contributed by atoms with Crippen LogP contribution in [0.25, 0.3) is 0 Å². The van der Waals surface area contributed by atoms with Crippen molar-refractivity contribution in [2.24, 2.45) is 0 Å². The molecule has 0 aliphatic carbocycles. The molecule has 0 unspecified atom stereocenters. The van der Waals surface area contributed by atoms with Crippen molar-refractivity contribution in [2.75, 3.05) is 6.61 Å². The molecular formula is C14H18O3. The molecule has 1 aliphatic rings. The second-order valence-electron chi connectivity index (χ2n) is 4.69. The third kappa shape index (κ3) is 2.93. The minimum atomic E-state index is -0.479. The summed E-state index contributed by atoms with van der Waals surface area (Å²) in [6.07, 6.45) is 0.632. The molecule has 1 saturated heterocycles. The molecule has 2 atom stereocenters. The third-order valence-electron chi connectivity index (χ3n) is 2.97. The molecule has 17 heavy (non-hydrogen) atoms. The van der Waals surface area contributed by atoms with Crippen molar-refractivity contribution in [2.45, 2.75) is 38.6 Å². The molecule has 1 fully saturated rings. The normalized spacial score (nSPS) is 28.2. The van der Waals surface area contributed by atoms with Crippen molar-refractivity contribution in [1.82, 2.24) is 0 Å². The average Bonchev–Trinajstić information content (AvgIpc) is 2.72. The average molecular weight is 234 g/mol. The zero-order chi connectivity index (χ0) is 12.3. The lowest BCUT2D eigenvalue weighted by molar-refractivity contribution is -0.127. The fourth-order valence-electron chi connectivity index (χ4n) is 1.99. The Hall–Kier alpha value is -1.19. The van der Waals surface area contributed by atoms with Crippen LogP contribution in [-0.4, -0.2) is 18.0 Å². The van der Waals surface area contributed by atoms with Crippen LogP contribution in [0.3, 0.4) is 0 Å². The van der Waals surface area contributed by atoms with Crippen LogP contribution in [0.15, 0.2) is 30.3 Å². The van der Waals surface area contributed by atoms with E-state index in [1.165, 1.54) is 0 Å². The highest BCUT2D eigenvalue weighted by atomic mass is 16.7. The van der Waals surface area contributed by atoms with Gasteiger partial charge in [0, 0.05) is 18.4 Å². The highest BCUT2D eigenvalue weighted by molar-refractivity contribution is 5.79. The lowest BCUT2D eigenvalue weighted by atomic mass is 9.99. The van der Waals surface area contributed by atoms with E-state index in [0.717, 1.165) is 5.56 Å². The number of ether oxygens (including phenoxy) is 2.